The molecule has 0 bridgehead atoms. The van der Waals surface area contributed by atoms with E-state index >= 15 is 0 Å². The van der Waals surface area contributed by atoms with Gasteiger partial charge in [-0.3, -0.25) is 4.79 Å². The predicted octanol–water partition coefficient (Wildman–Crippen LogP) is 2.02. The zero-order valence-corrected chi connectivity index (χ0v) is 8.58. The van der Waals surface area contributed by atoms with Gasteiger partial charge >= 0.3 is 0 Å². The maximum absolute atomic E-state index is 11.6. The molecule has 1 aromatic rings. The molecule has 0 spiro atoms. The molecule has 15 heavy (non-hydrogen) atoms. The monoisotopic (exact) mass is 200 g/mol. The first-order chi connectivity index (χ1) is 7.20. The summed E-state index contributed by atoms with van der Waals surface area (Å²) < 4.78 is 0. The molecule has 1 aliphatic heterocycles. The van der Waals surface area contributed by atoms with Gasteiger partial charge in [-0.1, -0.05) is 17.7 Å². The lowest BCUT2D eigenvalue weighted by Crippen LogP contribution is -2.29. The summed E-state index contributed by atoms with van der Waals surface area (Å²) in [6.45, 7) is 2.02. The molecular formula is C12H12N2O. The second-order valence-electron chi connectivity index (χ2n) is 3.91. The van der Waals surface area contributed by atoms with Crippen molar-refractivity contribution < 1.29 is 4.79 Å². The molecule has 1 N–H and O–H groups in total. The minimum absolute atomic E-state index is 0.0343. The molecule has 1 unspecified atom stereocenters. The normalized spacial score (nSPS) is 18.9. The van der Waals surface area contributed by atoms with Crippen LogP contribution in [-0.4, -0.2) is 5.91 Å². The molecule has 1 amide bonds. The third kappa shape index (κ3) is 1.84. The van der Waals surface area contributed by atoms with Crippen molar-refractivity contribution in [3.8, 4) is 6.07 Å². The summed E-state index contributed by atoms with van der Waals surface area (Å²) in [7, 11) is 0. The van der Waals surface area contributed by atoms with E-state index in [1.165, 1.54) is 5.56 Å². The molecule has 1 aromatic carbocycles. The SMILES string of the molecule is Cc1ccc2c(c1)CC(CC#N)C(=O)N2. The van der Waals surface area contributed by atoms with Gasteiger partial charge in [0.15, 0.2) is 0 Å². The van der Waals surface area contributed by atoms with Gasteiger partial charge in [-0.2, -0.15) is 5.26 Å². The molecule has 1 atom stereocenters. The average molecular weight is 200 g/mol. The number of nitrogens with one attached hydrogen (secondary N) is 1. The van der Waals surface area contributed by atoms with Crippen LogP contribution in [0.1, 0.15) is 17.5 Å². The summed E-state index contributed by atoms with van der Waals surface area (Å²) in [5.74, 6) is -0.225. The van der Waals surface area contributed by atoms with Crippen molar-refractivity contribution in [2.75, 3.05) is 5.32 Å². The molecule has 3 heteroatoms. The van der Waals surface area contributed by atoms with Crippen molar-refractivity contribution in [2.45, 2.75) is 19.8 Å². The fourth-order valence-corrected chi connectivity index (χ4v) is 1.88. The second kappa shape index (κ2) is 3.74. The largest absolute Gasteiger partial charge is 0.326 e. The summed E-state index contributed by atoms with van der Waals surface area (Å²) in [5, 5.41) is 11.4. The van der Waals surface area contributed by atoms with Crippen molar-refractivity contribution in [1.82, 2.24) is 0 Å². The van der Waals surface area contributed by atoms with Crippen LogP contribution in [0, 0.1) is 24.2 Å². The predicted molar refractivity (Wildman–Crippen MR) is 57.2 cm³/mol. The number of fused-ring (bicyclic) bond motifs is 1. The quantitative estimate of drug-likeness (QED) is 0.754. The first-order valence-electron chi connectivity index (χ1n) is 4.98. The topological polar surface area (TPSA) is 52.9 Å². The number of hydrogen-bond acceptors (Lipinski definition) is 2. The Balaban J connectivity index is 2.31. The highest BCUT2D eigenvalue weighted by atomic mass is 16.1. The standard InChI is InChI=1S/C12H12N2O/c1-8-2-3-11-10(6-8)7-9(4-5-13)12(15)14-11/h2-3,6,9H,4,7H2,1H3,(H,14,15). The van der Waals surface area contributed by atoms with Gasteiger partial charge in [0.25, 0.3) is 0 Å². The van der Waals surface area contributed by atoms with Crippen LogP contribution in [0.2, 0.25) is 0 Å². The highest BCUT2D eigenvalue weighted by Crippen LogP contribution is 2.27. The number of carbonyl (C=O) groups excluding carboxylic acids is 1. The van der Waals surface area contributed by atoms with E-state index in [2.05, 4.69) is 17.5 Å². The number of nitriles is 1. The zero-order chi connectivity index (χ0) is 10.8. The van der Waals surface area contributed by atoms with Gasteiger partial charge in [-0.05, 0) is 25.0 Å². The highest BCUT2D eigenvalue weighted by molar-refractivity contribution is 5.95. The third-order valence-electron chi connectivity index (χ3n) is 2.69. The summed E-state index contributed by atoms with van der Waals surface area (Å²) in [6.07, 6.45) is 0.968. The number of carbonyl (C=O) groups is 1. The fraction of sp³-hybridized carbons (Fsp3) is 0.333. The van der Waals surface area contributed by atoms with Crippen LogP contribution in [0.5, 0.6) is 0 Å². The van der Waals surface area contributed by atoms with Gasteiger partial charge in [0.1, 0.15) is 0 Å². The third-order valence-corrected chi connectivity index (χ3v) is 2.69. The second-order valence-corrected chi connectivity index (χ2v) is 3.91. The maximum atomic E-state index is 11.6. The molecular weight excluding hydrogens is 188 g/mol. The molecule has 0 radical (unpaired) electrons. The number of benzene rings is 1. The lowest BCUT2D eigenvalue weighted by Gasteiger charge is -2.23. The van der Waals surface area contributed by atoms with Gasteiger partial charge < -0.3 is 5.32 Å². The van der Waals surface area contributed by atoms with Gasteiger partial charge in [0, 0.05) is 12.1 Å². The van der Waals surface area contributed by atoms with E-state index in [9.17, 15) is 4.79 Å². The molecule has 0 saturated carbocycles. The maximum Gasteiger partial charge on any atom is 0.228 e. The van der Waals surface area contributed by atoms with Crippen LogP contribution in [0.25, 0.3) is 0 Å². The molecule has 0 saturated heterocycles. The van der Waals surface area contributed by atoms with Crippen molar-refractivity contribution in [3.05, 3.63) is 29.3 Å². The van der Waals surface area contributed by atoms with Crippen molar-refractivity contribution in [2.24, 2.45) is 5.92 Å². The molecule has 0 aromatic heterocycles. The molecule has 1 aliphatic rings. The van der Waals surface area contributed by atoms with Gasteiger partial charge in [-0.25, -0.2) is 0 Å². The Morgan fingerprint density at radius 2 is 2.40 bits per heavy atom. The average Bonchev–Trinajstić information content (AvgIpc) is 2.20. The summed E-state index contributed by atoms with van der Waals surface area (Å²) in [5.41, 5.74) is 3.20. The number of rotatable bonds is 1. The van der Waals surface area contributed by atoms with E-state index in [1.807, 2.05) is 19.1 Å². The summed E-state index contributed by atoms with van der Waals surface area (Å²) >= 11 is 0. The van der Waals surface area contributed by atoms with E-state index in [-0.39, 0.29) is 11.8 Å². The van der Waals surface area contributed by atoms with Gasteiger partial charge in [-0.15, -0.1) is 0 Å². The Morgan fingerprint density at radius 1 is 1.60 bits per heavy atom. The highest BCUT2D eigenvalue weighted by Gasteiger charge is 2.25. The molecule has 3 nitrogen and oxygen atoms in total. The molecule has 2 rings (SSSR count). The zero-order valence-electron chi connectivity index (χ0n) is 8.58. The van der Waals surface area contributed by atoms with Gasteiger partial charge in [0.05, 0.1) is 12.0 Å². The van der Waals surface area contributed by atoms with Crippen molar-refractivity contribution >= 4 is 11.6 Å². The minimum Gasteiger partial charge on any atom is -0.326 e. The first-order valence-corrected chi connectivity index (χ1v) is 4.98. The number of nitrogens with zero attached hydrogens (tertiary/aromatic N) is 1. The van der Waals surface area contributed by atoms with Crippen LogP contribution < -0.4 is 5.32 Å². The first kappa shape index (κ1) is 9.72. The van der Waals surface area contributed by atoms with Crippen LogP contribution in [-0.2, 0) is 11.2 Å². The Kier molecular flexibility index (Phi) is 2.42. The van der Waals surface area contributed by atoms with E-state index < -0.39 is 0 Å². The van der Waals surface area contributed by atoms with Crippen LogP contribution >= 0.6 is 0 Å². The van der Waals surface area contributed by atoms with Crippen LogP contribution in [0.4, 0.5) is 5.69 Å². The lowest BCUT2D eigenvalue weighted by atomic mass is 9.90. The molecule has 0 aliphatic carbocycles. The van der Waals surface area contributed by atoms with Crippen molar-refractivity contribution in [1.29, 1.82) is 5.26 Å². The summed E-state index contributed by atoms with van der Waals surface area (Å²) in [4.78, 5) is 11.6. The Morgan fingerprint density at radius 3 is 3.13 bits per heavy atom. The van der Waals surface area contributed by atoms with Crippen LogP contribution in [0.3, 0.4) is 0 Å². The van der Waals surface area contributed by atoms with Gasteiger partial charge in [0.2, 0.25) is 5.91 Å². The fourth-order valence-electron chi connectivity index (χ4n) is 1.88. The number of aryl methyl sites for hydroxylation is 1. The smallest absolute Gasteiger partial charge is 0.228 e. The Hall–Kier alpha value is -1.82. The molecule has 1 heterocycles. The number of amides is 1. The molecule has 0 fully saturated rings. The van der Waals surface area contributed by atoms with E-state index in [0.717, 1.165) is 11.3 Å². The van der Waals surface area contributed by atoms with E-state index in [4.69, 9.17) is 5.26 Å². The molecule has 76 valence electrons. The minimum atomic E-state index is -0.190. The lowest BCUT2D eigenvalue weighted by molar-refractivity contribution is -0.120. The Bertz CT molecular complexity index is 445. The Labute approximate surface area is 88.7 Å². The van der Waals surface area contributed by atoms with Crippen LogP contribution in [0.15, 0.2) is 18.2 Å². The summed E-state index contributed by atoms with van der Waals surface area (Å²) in [6, 6.07) is 8.02. The van der Waals surface area contributed by atoms with E-state index in [0.29, 0.717) is 12.8 Å². The number of anilines is 1. The van der Waals surface area contributed by atoms with Crippen molar-refractivity contribution in [3.63, 3.8) is 0 Å². The van der Waals surface area contributed by atoms with E-state index in [1.54, 1.807) is 0 Å². The number of hydrogen-bond donors (Lipinski definition) is 1.